The van der Waals surface area contributed by atoms with Crippen LogP contribution in [-0.2, 0) is 19.4 Å². The quantitative estimate of drug-likeness (QED) is 0.119. The van der Waals surface area contributed by atoms with Crippen LogP contribution in [0.1, 0.15) is 36.5 Å². The van der Waals surface area contributed by atoms with Crippen molar-refractivity contribution in [2.75, 3.05) is 19.0 Å². The maximum atomic E-state index is 6.31. The second-order valence-electron chi connectivity index (χ2n) is 7.55. The predicted molar refractivity (Wildman–Crippen MR) is 141 cm³/mol. The minimum absolute atomic E-state index is 0.522. The lowest BCUT2D eigenvalue weighted by Crippen LogP contribution is -2.04. The first-order chi connectivity index (χ1) is 15.6. The lowest BCUT2D eigenvalue weighted by atomic mass is 9.93. The minimum Gasteiger partial charge on any atom is -0.497 e. The SMILES string of the molecule is C=C/C=C(C)\C(=C/CBr)CCc1c(CCCN=C)cccc1OCc1ccc(OC)cc1. The number of ether oxygens (including phenoxy) is 2. The number of methoxy groups -OCH3 is 1. The number of benzene rings is 2. The third-order valence-electron chi connectivity index (χ3n) is 5.39. The summed E-state index contributed by atoms with van der Waals surface area (Å²) in [5.41, 5.74) is 6.28. The molecule has 0 saturated carbocycles. The van der Waals surface area contributed by atoms with Gasteiger partial charge in [0.2, 0.25) is 0 Å². The summed E-state index contributed by atoms with van der Waals surface area (Å²) in [6.45, 7) is 10.9. The molecular formula is C28H34BrNO2. The van der Waals surface area contributed by atoms with Gasteiger partial charge in [-0.1, -0.05) is 65.0 Å². The molecule has 3 nitrogen and oxygen atoms in total. The molecule has 170 valence electrons. The summed E-state index contributed by atoms with van der Waals surface area (Å²) in [5, 5.41) is 0.831. The van der Waals surface area contributed by atoms with Crippen molar-refractivity contribution < 1.29 is 9.47 Å². The molecule has 32 heavy (non-hydrogen) atoms. The van der Waals surface area contributed by atoms with Gasteiger partial charge in [-0.15, -0.1) is 0 Å². The zero-order valence-corrected chi connectivity index (χ0v) is 20.9. The molecule has 0 fully saturated rings. The van der Waals surface area contributed by atoms with E-state index < -0.39 is 0 Å². The first-order valence-corrected chi connectivity index (χ1v) is 12.1. The molecule has 0 spiro atoms. The molecule has 0 heterocycles. The first-order valence-electron chi connectivity index (χ1n) is 11.0. The molecule has 0 aliphatic rings. The van der Waals surface area contributed by atoms with E-state index in [1.165, 1.54) is 22.3 Å². The monoisotopic (exact) mass is 495 g/mol. The van der Waals surface area contributed by atoms with E-state index >= 15 is 0 Å². The van der Waals surface area contributed by atoms with Crippen molar-refractivity contribution >= 4 is 22.6 Å². The molecule has 0 aromatic heterocycles. The van der Waals surface area contributed by atoms with Crippen LogP contribution in [0.4, 0.5) is 0 Å². The highest BCUT2D eigenvalue weighted by Crippen LogP contribution is 2.29. The van der Waals surface area contributed by atoms with Crippen molar-refractivity contribution in [1.29, 1.82) is 0 Å². The topological polar surface area (TPSA) is 30.8 Å². The maximum Gasteiger partial charge on any atom is 0.123 e. The Kier molecular flexibility index (Phi) is 11.6. The van der Waals surface area contributed by atoms with E-state index in [0.717, 1.165) is 54.6 Å². The average Bonchev–Trinajstić information content (AvgIpc) is 2.81. The van der Waals surface area contributed by atoms with Gasteiger partial charge in [-0.2, -0.15) is 0 Å². The van der Waals surface area contributed by atoms with Gasteiger partial charge < -0.3 is 14.5 Å². The molecule has 0 atom stereocenters. The highest BCUT2D eigenvalue weighted by atomic mass is 79.9. The molecule has 0 unspecified atom stereocenters. The number of allylic oxidation sites excluding steroid dienone is 5. The van der Waals surface area contributed by atoms with Crippen molar-refractivity contribution in [2.45, 2.75) is 39.2 Å². The normalized spacial score (nSPS) is 11.8. The van der Waals surface area contributed by atoms with Gasteiger partial charge in [0.05, 0.1) is 7.11 Å². The van der Waals surface area contributed by atoms with E-state index in [1.807, 2.05) is 30.3 Å². The van der Waals surface area contributed by atoms with Gasteiger partial charge in [0, 0.05) is 11.9 Å². The second-order valence-corrected chi connectivity index (χ2v) is 8.20. The van der Waals surface area contributed by atoms with Crippen LogP contribution in [0.5, 0.6) is 11.5 Å². The number of aliphatic imine (C=N–C) groups is 1. The number of hydrogen-bond acceptors (Lipinski definition) is 3. The number of aryl methyl sites for hydroxylation is 1. The molecule has 0 radical (unpaired) electrons. The minimum atomic E-state index is 0.522. The Bertz CT molecular complexity index is 929. The predicted octanol–water partition coefficient (Wildman–Crippen LogP) is 7.29. The van der Waals surface area contributed by atoms with Gasteiger partial charge in [0.1, 0.15) is 18.1 Å². The van der Waals surface area contributed by atoms with Crippen LogP contribution in [0.2, 0.25) is 0 Å². The summed E-state index contributed by atoms with van der Waals surface area (Å²) < 4.78 is 11.6. The molecule has 2 aromatic rings. The van der Waals surface area contributed by atoms with Crippen LogP contribution < -0.4 is 9.47 Å². The van der Waals surface area contributed by atoms with Gasteiger partial charge in [0.25, 0.3) is 0 Å². The molecular weight excluding hydrogens is 462 g/mol. The zero-order valence-electron chi connectivity index (χ0n) is 19.3. The highest BCUT2D eigenvalue weighted by Gasteiger charge is 2.12. The molecule has 0 saturated heterocycles. The fourth-order valence-corrected chi connectivity index (χ4v) is 4.02. The van der Waals surface area contributed by atoms with Gasteiger partial charge in [-0.25, -0.2) is 0 Å². The van der Waals surface area contributed by atoms with Crippen LogP contribution in [0.3, 0.4) is 0 Å². The van der Waals surface area contributed by atoms with Crippen LogP contribution in [0, 0.1) is 0 Å². The number of alkyl halides is 1. The fraction of sp³-hybridized carbons (Fsp3) is 0.321. The van der Waals surface area contributed by atoms with Gasteiger partial charge in [-0.05, 0) is 85.4 Å². The Morgan fingerprint density at radius 2 is 1.91 bits per heavy atom. The number of hydrogen-bond donors (Lipinski definition) is 0. The van der Waals surface area contributed by atoms with Gasteiger partial charge >= 0.3 is 0 Å². The third kappa shape index (κ3) is 8.16. The lowest BCUT2D eigenvalue weighted by Gasteiger charge is -2.17. The van der Waals surface area contributed by atoms with E-state index in [0.29, 0.717) is 6.61 Å². The van der Waals surface area contributed by atoms with Gasteiger partial charge in [0.15, 0.2) is 0 Å². The molecule has 0 N–H and O–H groups in total. The van der Waals surface area contributed by atoms with E-state index in [-0.39, 0.29) is 0 Å². The zero-order chi connectivity index (χ0) is 23.2. The molecule has 2 rings (SSSR count). The van der Waals surface area contributed by atoms with Crippen molar-refractivity contribution in [3.63, 3.8) is 0 Å². The van der Waals surface area contributed by atoms with Crippen molar-refractivity contribution in [1.82, 2.24) is 0 Å². The van der Waals surface area contributed by atoms with Crippen molar-refractivity contribution in [3.8, 4) is 11.5 Å². The molecule has 2 aromatic carbocycles. The third-order valence-corrected chi connectivity index (χ3v) is 5.71. The van der Waals surface area contributed by atoms with E-state index in [4.69, 9.17) is 9.47 Å². The molecule has 0 aliphatic heterocycles. The smallest absolute Gasteiger partial charge is 0.123 e. The Morgan fingerprint density at radius 1 is 1.12 bits per heavy atom. The van der Waals surface area contributed by atoms with E-state index in [2.05, 4.69) is 71.5 Å². The van der Waals surface area contributed by atoms with Crippen molar-refractivity contribution in [2.24, 2.45) is 4.99 Å². The van der Waals surface area contributed by atoms with Crippen LogP contribution in [0.25, 0.3) is 0 Å². The number of halogens is 1. The number of nitrogens with zero attached hydrogens (tertiary/aromatic N) is 1. The molecule has 0 aliphatic carbocycles. The molecule has 0 amide bonds. The second kappa shape index (κ2) is 14.5. The summed E-state index contributed by atoms with van der Waals surface area (Å²) in [4.78, 5) is 4.01. The number of rotatable bonds is 14. The first kappa shape index (κ1) is 25.7. The summed E-state index contributed by atoms with van der Waals surface area (Å²) in [5.74, 6) is 1.80. The summed E-state index contributed by atoms with van der Waals surface area (Å²) in [6.07, 6.45) is 9.95. The van der Waals surface area contributed by atoms with E-state index in [1.54, 1.807) is 7.11 Å². The van der Waals surface area contributed by atoms with E-state index in [9.17, 15) is 0 Å². The molecule has 0 bridgehead atoms. The Balaban J connectivity index is 2.24. The molecule has 4 heteroatoms. The Morgan fingerprint density at radius 3 is 2.56 bits per heavy atom. The van der Waals surface area contributed by atoms with Crippen LogP contribution >= 0.6 is 15.9 Å². The van der Waals surface area contributed by atoms with Crippen LogP contribution in [-0.4, -0.2) is 25.7 Å². The lowest BCUT2D eigenvalue weighted by molar-refractivity contribution is 0.302. The maximum absolute atomic E-state index is 6.31. The Labute approximate surface area is 201 Å². The van der Waals surface area contributed by atoms with Gasteiger partial charge in [-0.3, -0.25) is 0 Å². The largest absolute Gasteiger partial charge is 0.497 e. The summed E-state index contributed by atoms with van der Waals surface area (Å²) >= 11 is 3.55. The van der Waals surface area contributed by atoms with Crippen molar-refractivity contribution in [3.05, 3.63) is 95.1 Å². The Hall–Kier alpha value is -2.59. The standard InChI is InChI=1S/C28H34BrNO2/c1-5-8-22(2)24(18-19-29)14-17-27-25(10-7-20-30-3)9-6-11-28(27)32-21-23-12-15-26(31-4)16-13-23/h5-6,8-9,11-13,15-16,18H,1,3,7,10,14,17,19-21H2,2,4H3/b22-8-,24-18-. The average molecular weight is 496 g/mol. The fourth-order valence-electron chi connectivity index (χ4n) is 3.63. The highest BCUT2D eigenvalue weighted by molar-refractivity contribution is 9.09. The van der Waals surface area contributed by atoms with Crippen LogP contribution in [0.15, 0.2) is 83.4 Å². The summed E-state index contributed by atoms with van der Waals surface area (Å²) in [6, 6.07) is 14.4. The summed E-state index contributed by atoms with van der Waals surface area (Å²) in [7, 11) is 1.68.